The molecule has 0 heterocycles. The van der Waals surface area contributed by atoms with Crippen molar-refractivity contribution < 1.29 is 8.42 Å². The zero-order valence-corrected chi connectivity index (χ0v) is 19.8. The summed E-state index contributed by atoms with van der Waals surface area (Å²) >= 11 is 0. The molecule has 1 rings (SSSR count). The average Bonchev–Trinajstić information content (AvgIpc) is 2.48. The minimum atomic E-state index is -2.93. The van der Waals surface area contributed by atoms with Crippen LogP contribution in [0.4, 0.5) is 0 Å². The van der Waals surface area contributed by atoms with E-state index in [0.29, 0.717) is 6.42 Å². The molecule has 25 heavy (non-hydrogen) atoms. The normalized spacial score (nSPS) is 26.0. The molecule has 150 valence electrons. The van der Waals surface area contributed by atoms with Crippen LogP contribution in [0.3, 0.4) is 0 Å². The summed E-state index contributed by atoms with van der Waals surface area (Å²) in [5.74, 6) is 1.68. The Hall–Kier alpha value is -0.0900. The van der Waals surface area contributed by atoms with Gasteiger partial charge < -0.3 is 15.5 Å². The van der Waals surface area contributed by atoms with Gasteiger partial charge in [0.1, 0.15) is 9.84 Å². The van der Waals surface area contributed by atoms with E-state index in [-0.39, 0.29) is 41.3 Å². The van der Waals surface area contributed by atoms with Crippen molar-refractivity contribution in [2.24, 2.45) is 10.9 Å². The van der Waals surface area contributed by atoms with Crippen LogP contribution in [0.15, 0.2) is 4.99 Å². The summed E-state index contributed by atoms with van der Waals surface area (Å²) in [4.78, 5) is 6.64. The first-order valence-corrected chi connectivity index (χ1v) is 11.0. The van der Waals surface area contributed by atoms with Gasteiger partial charge in [0.25, 0.3) is 0 Å². The van der Waals surface area contributed by atoms with Gasteiger partial charge in [0, 0.05) is 31.4 Å². The van der Waals surface area contributed by atoms with Crippen LogP contribution in [0.1, 0.15) is 46.0 Å². The van der Waals surface area contributed by atoms with Crippen LogP contribution in [-0.4, -0.2) is 70.6 Å². The van der Waals surface area contributed by atoms with Crippen molar-refractivity contribution in [3.8, 4) is 0 Å². The van der Waals surface area contributed by atoms with Crippen molar-refractivity contribution in [2.45, 2.75) is 57.5 Å². The second-order valence-electron chi connectivity index (χ2n) is 7.71. The van der Waals surface area contributed by atoms with E-state index in [9.17, 15) is 8.42 Å². The van der Waals surface area contributed by atoms with Gasteiger partial charge in [0.2, 0.25) is 0 Å². The van der Waals surface area contributed by atoms with Gasteiger partial charge in [-0.15, -0.1) is 24.0 Å². The molecule has 0 spiro atoms. The second-order valence-corrected chi connectivity index (χ2v) is 9.97. The summed E-state index contributed by atoms with van der Waals surface area (Å²) in [6.45, 7) is 5.17. The number of rotatable bonds is 7. The number of sulfone groups is 1. The van der Waals surface area contributed by atoms with Gasteiger partial charge in [0.05, 0.1) is 5.75 Å². The summed E-state index contributed by atoms with van der Waals surface area (Å²) in [6.07, 6.45) is 6.81. The first kappa shape index (κ1) is 24.9. The Morgan fingerprint density at radius 1 is 1.40 bits per heavy atom. The fourth-order valence-corrected chi connectivity index (χ4v) is 4.28. The second kappa shape index (κ2) is 10.9. The third-order valence-electron chi connectivity index (χ3n) is 5.13. The maximum atomic E-state index is 11.3. The molecular weight excluding hydrogens is 451 g/mol. The Kier molecular flexibility index (Phi) is 10.9. The molecule has 0 amide bonds. The number of nitrogens with zero attached hydrogens (tertiary/aromatic N) is 2. The number of hydrogen-bond acceptors (Lipinski definition) is 4. The van der Waals surface area contributed by atoms with Crippen LogP contribution in [0.2, 0.25) is 0 Å². The lowest BCUT2D eigenvalue weighted by Gasteiger charge is -2.45. The Balaban J connectivity index is 0.00000576. The van der Waals surface area contributed by atoms with Crippen molar-refractivity contribution in [1.82, 2.24) is 15.5 Å². The van der Waals surface area contributed by atoms with Crippen molar-refractivity contribution in [2.75, 3.05) is 39.7 Å². The van der Waals surface area contributed by atoms with E-state index in [2.05, 4.69) is 41.5 Å². The summed E-state index contributed by atoms with van der Waals surface area (Å²) in [5.41, 5.74) is 0.158. The molecule has 1 aliphatic carbocycles. The van der Waals surface area contributed by atoms with Crippen molar-refractivity contribution >= 4 is 39.8 Å². The molecule has 0 aliphatic heterocycles. The summed E-state index contributed by atoms with van der Waals surface area (Å²) in [6, 6.07) is 0.0616. The molecule has 0 bridgehead atoms. The lowest BCUT2D eigenvalue weighted by Crippen LogP contribution is -2.57. The van der Waals surface area contributed by atoms with Crippen molar-refractivity contribution in [3.05, 3.63) is 0 Å². The number of halogens is 1. The van der Waals surface area contributed by atoms with E-state index in [1.165, 1.54) is 31.9 Å². The van der Waals surface area contributed by atoms with Gasteiger partial charge in [-0.2, -0.15) is 0 Å². The minimum absolute atomic E-state index is 0. The van der Waals surface area contributed by atoms with Gasteiger partial charge in [-0.05, 0) is 46.2 Å². The van der Waals surface area contributed by atoms with Gasteiger partial charge in [-0.3, -0.25) is 4.99 Å². The van der Waals surface area contributed by atoms with Crippen LogP contribution in [0.25, 0.3) is 0 Å². The first-order chi connectivity index (χ1) is 11.1. The van der Waals surface area contributed by atoms with Crippen LogP contribution in [0, 0.1) is 5.92 Å². The highest BCUT2D eigenvalue weighted by Crippen LogP contribution is 2.35. The molecule has 8 heteroatoms. The Bertz CT molecular complexity index is 525. The largest absolute Gasteiger partial charge is 0.355 e. The highest BCUT2D eigenvalue weighted by atomic mass is 127. The van der Waals surface area contributed by atoms with Crippen LogP contribution in [-0.2, 0) is 9.84 Å². The predicted octanol–water partition coefficient (Wildman–Crippen LogP) is 2.10. The Morgan fingerprint density at radius 3 is 2.52 bits per heavy atom. The van der Waals surface area contributed by atoms with E-state index in [1.54, 1.807) is 7.05 Å². The van der Waals surface area contributed by atoms with E-state index in [0.717, 1.165) is 18.4 Å². The molecule has 3 unspecified atom stereocenters. The molecule has 1 fully saturated rings. The zero-order chi connectivity index (χ0) is 18.4. The number of aliphatic imine (C=N–C) groups is 1. The predicted molar refractivity (Wildman–Crippen MR) is 118 cm³/mol. The van der Waals surface area contributed by atoms with Crippen LogP contribution < -0.4 is 10.6 Å². The topological polar surface area (TPSA) is 73.8 Å². The van der Waals surface area contributed by atoms with Gasteiger partial charge >= 0.3 is 0 Å². The third-order valence-corrected chi connectivity index (χ3v) is 6.11. The molecule has 2 N–H and O–H groups in total. The standard InChI is InChI=1S/C17H36N4O2S.HI/c1-14-8-7-10-17(12-14,21(4)5)13-19-16(18-3)20-15(2)9-11-24(6,22)23;/h14-15H,7-13H2,1-6H3,(H2,18,19,20);1H. The van der Waals surface area contributed by atoms with Gasteiger partial charge in [-0.1, -0.05) is 19.8 Å². The molecule has 1 saturated carbocycles. The first-order valence-electron chi connectivity index (χ1n) is 8.90. The Labute approximate surface area is 171 Å². The molecule has 3 atom stereocenters. The van der Waals surface area contributed by atoms with E-state index >= 15 is 0 Å². The molecule has 0 aromatic carbocycles. The SMILES string of the molecule is CN=C(NCC1(N(C)C)CCCC(C)C1)NC(C)CCS(C)(=O)=O.I. The molecule has 0 saturated heterocycles. The molecule has 0 radical (unpaired) electrons. The van der Waals surface area contributed by atoms with Crippen LogP contribution >= 0.6 is 24.0 Å². The quantitative estimate of drug-likeness (QED) is 0.326. The van der Waals surface area contributed by atoms with Crippen molar-refractivity contribution in [1.29, 1.82) is 0 Å². The maximum absolute atomic E-state index is 11.3. The number of likely N-dealkylation sites (N-methyl/N-ethyl adjacent to an activating group) is 1. The summed E-state index contributed by atoms with van der Waals surface area (Å²) < 4.78 is 22.6. The van der Waals surface area contributed by atoms with Crippen molar-refractivity contribution in [3.63, 3.8) is 0 Å². The average molecular weight is 488 g/mol. The van der Waals surface area contributed by atoms with Crippen LogP contribution in [0.5, 0.6) is 0 Å². The fraction of sp³-hybridized carbons (Fsp3) is 0.941. The zero-order valence-electron chi connectivity index (χ0n) is 16.6. The fourth-order valence-electron chi connectivity index (χ4n) is 3.50. The summed E-state index contributed by atoms with van der Waals surface area (Å²) in [5, 5.41) is 6.76. The maximum Gasteiger partial charge on any atom is 0.191 e. The van der Waals surface area contributed by atoms with E-state index in [4.69, 9.17) is 0 Å². The molecule has 1 aliphatic rings. The molecule has 0 aromatic rings. The lowest BCUT2D eigenvalue weighted by atomic mass is 9.75. The molecule has 6 nitrogen and oxygen atoms in total. The van der Waals surface area contributed by atoms with E-state index < -0.39 is 9.84 Å². The highest BCUT2D eigenvalue weighted by molar-refractivity contribution is 14.0. The van der Waals surface area contributed by atoms with Gasteiger partial charge in [0.15, 0.2) is 5.96 Å². The van der Waals surface area contributed by atoms with E-state index in [1.807, 2.05) is 6.92 Å². The number of guanidine groups is 1. The molecular formula is C17H37IN4O2S. The smallest absolute Gasteiger partial charge is 0.191 e. The third kappa shape index (κ3) is 8.90. The number of nitrogens with one attached hydrogen (secondary N) is 2. The monoisotopic (exact) mass is 488 g/mol. The lowest BCUT2D eigenvalue weighted by molar-refractivity contribution is 0.0795. The molecule has 0 aromatic heterocycles. The summed E-state index contributed by atoms with van der Waals surface area (Å²) in [7, 11) is 3.14. The van der Waals surface area contributed by atoms with Gasteiger partial charge in [-0.25, -0.2) is 8.42 Å². The minimum Gasteiger partial charge on any atom is -0.355 e. The highest BCUT2D eigenvalue weighted by Gasteiger charge is 2.36. The number of hydrogen-bond donors (Lipinski definition) is 2. The Morgan fingerprint density at radius 2 is 2.04 bits per heavy atom.